The summed E-state index contributed by atoms with van der Waals surface area (Å²) in [4.78, 5) is 1.22. The number of benzene rings is 1. The van der Waals surface area contributed by atoms with Crippen molar-refractivity contribution in [3.8, 4) is 0 Å². The molecule has 0 fully saturated rings. The Morgan fingerprint density at radius 3 is 2.71 bits per heavy atom. The van der Waals surface area contributed by atoms with E-state index in [1.165, 1.54) is 23.3 Å². The van der Waals surface area contributed by atoms with Gasteiger partial charge in [0.15, 0.2) is 0 Å². The van der Waals surface area contributed by atoms with Crippen molar-refractivity contribution in [3.05, 3.63) is 23.8 Å². The molecule has 14 heavy (non-hydrogen) atoms. The second-order valence-electron chi connectivity index (χ2n) is 3.76. The van der Waals surface area contributed by atoms with Gasteiger partial charge in [-0.1, -0.05) is 26.3 Å². The van der Waals surface area contributed by atoms with Gasteiger partial charge in [0.2, 0.25) is 0 Å². The fraction of sp³-hybridized carbons (Fsp3) is 0.500. The molecule has 1 atom stereocenters. The van der Waals surface area contributed by atoms with Gasteiger partial charge in [0.1, 0.15) is 0 Å². The first kappa shape index (κ1) is 11.4. The first-order valence-corrected chi connectivity index (χ1v) is 6.04. The van der Waals surface area contributed by atoms with Crippen LogP contribution >= 0.6 is 11.8 Å². The zero-order chi connectivity index (χ0) is 10.6. The van der Waals surface area contributed by atoms with Gasteiger partial charge in [-0.3, -0.25) is 0 Å². The average Bonchev–Trinajstić information content (AvgIpc) is 2.10. The van der Waals surface area contributed by atoms with Crippen LogP contribution in [0.2, 0.25) is 0 Å². The third-order valence-electron chi connectivity index (χ3n) is 2.19. The van der Waals surface area contributed by atoms with E-state index in [9.17, 15) is 0 Å². The standard InChI is InChI=1S/C12H19NS/c1-4-5-10(3)14-12-7-6-9(2)8-11(12)13/h6-8,10H,4-5,13H2,1-3H3. The summed E-state index contributed by atoms with van der Waals surface area (Å²) in [7, 11) is 0. The second-order valence-corrected chi connectivity index (χ2v) is 5.24. The van der Waals surface area contributed by atoms with Gasteiger partial charge in [-0.2, -0.15) is 0 Å². The highest BCUT2D eigenvalue weighted by Gasteiger charge is 2.05. The maximum absolute atomic E-state index is 5.95. The molecular formula is C12H19NS. The van der Waals surface area contributed by atoms with Crippen LogP contribution in [-0.4, -0.2) is 5.25 Å². The lowest BCUT2D eigenvalue weighted by Gasteiger charge is -2.11. The summed E-state index contributed by atoms with van der Waals surface area (Å²) in [6.45, 7) is 6.54. The molecule has 0 saturated heterocycles. The topological polar surface area (TPSA) is 26.0 Å². The number of nitrogen functional groups attached to an aromatic ring is 1. The molecule has 1 aromatic carbocycles. The van der Waals surface area contributed by atoms with E-state index in [1.54, 1.807) is 0 Å². The fourth-order valence-corrected chi connectivity index (χ4v) is 2.59. The van der Waals surface area contributed by atoms with E-state index in [1.807, 2.05) is 17.8 Å². The number of nitrogens with two attached hydrogens (primary N) is 1. The van der Waals surface area contributed by atoms with Gasteiger partial charge >= 0.3 is 0 Å². The summed E-state index contributed by atoms with van der Waals surface area (Å²) in [6.07, 6.45) is 2.48. The van der Waals surface area contributed by atoms with Crippen molar-refractivity contribution >= 4 is 17.4 Å². The molecule has 0 amide bonds. The minimum atomic E-state index is 0.657. The molecule has 0 aliphatic carbocycles. The van der Waals surface area contributed by atoms with Crippen LogP contribution in [0.25, 0.3) is 0 Å². The summed E-state index contributed by atoms with van der Waals surface area (Å²) in [6, 6.07) is 6.29. The molecule has 1 nitrogen and oxygen atoms in total. The third kappa shape index (κ3) is 3.26. The number of thioether (sulfide) groups is 1. The van der Waals surface area contributed by atoms with Gasteiger partial charge in [0.05, 0.1) is 0 Å². The molecule has 0 bridgehead atoms. The van der Waals surface area contributed by atoms with Gasteiger partial charge in [-0.25, -0.2) is 0 Å². The molecule has 2 heteroatoms. The Labute approximate surface area is 91.1 Å². The van der Waals surface area contributed by atoms with E-state index in [4.69, 9.17) is 5.73 Å². The molecule has 2 N–H and O–H groups in total. The molecule has 0 heterocycles. The molecule has 1 unspecified atom stereocenters. The minimum Gasteiger partial charge on any atom is -0.398 e. The Balaban J connectivity index is 2.67. The van der Waals surface area contributed by atoms with Crippen LogP contribution in [0.3, 0.4) is 0 Å². The van der Waals surface area contributed by atoms with Crippen LogP contribution in [0.15, 0.2) is 23.1 Å². The first-order valence-electron chi connectivity index (χ1n) is 5.16. The highest BCUT2D eigenvalue weighted by Crippen LogP contribution is 2.30. The number of hydrogen-bond donors (Lipinski definition) is 1. The third-order valence-corrected chi connectivity index (χ3v) is 3.45. The first-order chi connectivity index (χ1) is 6.63. The lowest BCUT2D eigenvalue weighted by molar-refractivity contribution is 0.787. The molecule has 1 rings (SSSR count). The molecule has 78 valence electrons. The van der Waals surface area contributed by atoms with E-state index >= 15 is 0 Å². The van der Waals surface area contributed by atoms with Crippen molar-refractivity contribution in [1.29, 1.82) is 0 Å². The number of rotatable bonds is 4. The van der Waals surface area contributed by atoms with Crippen LogP contribution in [0.4, 0.5) is 5.69 Å². The zero-order valence-corrected chi connectivity index (χ0v) is 10.0. The number of anilines is 1. The van der Waals surface area contributed by atoms with Gasteiger partial charge in [0.25, 0.3) is 0 Å². The summed E-state index contributed by atoms with van der Waals surface area (Å²) < 4.78 is 0. The lowest BCUT2D eigenvalue weighted by atomic mass is 10.2. The molecule has 0 radical (unpaired) electrons. The van der Waals surface area contributed by atoms with Crippen molar-refractivity contribution < 1.29 is 0 Å². The fourth-order valence-electron chi connectivity index (χ4n) is 1.46. The Morgan fingerprint density at radius 1 is 1.43 bits per heavy atom. The van der Waals surface area contributed by atoms with E-state index < -0.39 is 0 Å². The quantitative estimate of drug-likeness (QED) is 0.602. The molecule has 0 aliphatic rings. The van der Waals surface area contributed by atoms with Crippen molar-refractivity contribution in [2.75, 3.05) is 5.73 Å². The summed E-state index contributed by atoms with van der Waals surface area (Å²) >= 11 is 1.88. The van der Waals surface area contributed by atoms with Crippen LogP contribution in [0.1, 0.15) is 32.3 Å². The lowest BCUT2D eigenvalue weighted by Crippen LogP contribution is -1.97. The predicted octanol–water partition coefficient (Wildman–Crippen LogP) is 3.86. The normalized spacial score (nSPS) is 12.8. The van der Waals surface area contributed by atoms with Gasteiger partial charge < -0.3 is 5.73 Å². The molecule has 0 saturated carbocycles. The largest absolute Gasteiger partial charge is 0.398 e. The predicted molar refractivity (Wildman–Crippen MR) is 65.8 cm³/mol. The van der Waals surface area contributed by atoms with E-state index in [0.717, 1.165) is 5.69 Å². The minimum absolute atomic E-state index is 0.657. The Hall–Kier alpha value is -0.630. The van der Waals surface area contributed by atoms with E-state index in [2.05, 4.69) is 32.9 Å². The van der Waals surface area contributed by atoms with Crippen molar-refractivity contribution in [1.82, 2.24) is 0 Å². The highest BCUT2D eigenvalue weighted by molar-refractivity contribution is 8.00. The number of aryl methyl sites for hydroxylation is 1. The van der Waals surface area contributed by atoms with Crippen LogP contribution in [-0.2, 0) is 0 Å². The van der Waals surface area contributed by atoms with Crippen LogP contribution < -0.4 is 5.73 Å². The van der Waals surface area contributed by atoms with Crippen LogP contribution in [0.5, 0.6) is 0 Å². The van der Waals surface area contributed by atoms with E-state index in [-0.39, 0.29) is 0 Å². The Morgan fingerprint density at radius 2 is 2.14 bits per heavy atom. The summed E-state index contributed by atoms with van der Waals surface area (Å²) in [5, 5.41) is 0.657. The maximum atomic E-state index is 5.95. The molecule has 0 aromatic heterocycles. The van der Waals surface area contributed by atoms with Gasteiger partial charge in [0, 0.05) is 15.8 Å². The summed E-state index contributed by atoms with van der Waals surface area (Å²) in [5.41, 5.74) is 8.09. The smallest absolute Gasteiger partial charge is 0.0454 e. The highest BCUT2D eigenvalue weighted by atomic mass is 32.2. The molecule has 1 aromatic rings. The van der Waals surface area contributed by atoms with Crippen molar-refractivity contribution in [2.24, 2.45) is 0 Å². The molecular weight excluding hydrogens is 190 g/mol. The van der Waals surface area contributed by atoms with Crippen molar-refractivity contribution in [2.45, 2.75) is 43.8 Å². The second kappa shape index (κ2) is 5.30. The maximum Gasteiger partial charge on any atom is 0.0454 e. The van der Waals surface area contributed by atoms with Crippen molar-refractivity contribution in [3.63, 3.8) is 0 Å². The number of hydrogen-bond acceptors (Lipinski definition) is 2. The monoisotopic (exact) mass is 209 g/mol. The Bertz CT molecular complexity index is 296. The van der Waals surface area contributed by atoms with E-state index in [0.29, 0.717) is 5.25 Å². The zero-order valence-electron chi connectivity index (χ0n) is 9.21. The van der Waals surface area contributed by atoms with Gasteiger partial charge in [-0.05, 0) is 31.0 Å². The average molecular weight is 209 g/mol. The van der Waals surface area contributed by atoms with Crippen LogP contribution in [0, 0.1) is 6.92 Å². The van der Waals surface area contributed by atoms with Gasteiger partial charge in [-0.15, -0.1) is 11.8 Å². The molecule has 0 spiro atoms. The summed E-state index contributed by atoms with van der Waals surface area (Å²) in [5.74, 6) is 0. The Kier molecular flexibility index (Phi) is 4.33. The SMILES string of the molecule is CCCC(C)Sc1ccc(C)cc1N. The molecule has 0 aliphatic heterocycles.